The van der Waals surface area contributed by atoms with Gasteiger partial charge in [0.05, 0.1) is 10.7 Å². The molecule has 1 fully saturated rings. The second-order valence-electron chi connectivity index (χ2n) is 5.05. The number of hydrogen-bond donors (Lipinski definition) is 3. The smallest absolute Gasteiger partial charge is 0.263 e. The Bertz CT molecular complexity index is 446. The first-order chi connectivity index (χ1) is 9.10. The van der Waals surface area contributed by atoms with Crippen LogP contribution in [0.5, 0.6) is 0 Å². The van der Waals surface area contributed by atoms with Gasteiger partial charge in [-0.05, 0) is 38.9 Å². The maximum Gasteiger partial charge on any atom is 0.263 e. The first-order valence-electron chi connectivity index (χ1n) is 6.70. The molecule has 1 aromatic rings. The molecule has 0 aliphatic carbocycles. The number of nitrogens with one attached hydrogen (secondary N) is 2. The number of anilines is 2. The number of amides is 1. The zero-order valence-corrected chi connectivity index (χ0v) is 12.3. The van der Waals surface area contributed by atoms with Gasteiger partial charge < -0.3 is 21.3 Å². The van der Waals surface area contributed by atoms with Crippen molar-refractivity contribution in [3.63, 3.8) is 0 Å². The summed E-state index contributed by atoms with van der Waals surface area (Å²) in [6.07, 6.45) is 1.23. The largest absolute Gasteiger partial charge is 0.397 e. The van der Waals surface area contributed by atoms with E-state index in [0.29, 0.717) is 23.0 Å². The minimum atomic E-state index is -0.0846. The molecule has 0 spiro atoms. The molecule has 0 bridgehead atoms. The van der Waals surface area contributed by atoms with Gasteiger partial charge in [0.1, 0.15) is 4.88 Å². The molecule has 106 valence electrons. The Kier molecular flexibility index (Phi) is 4.66. The molecule has 1 aliphatic rings. The van der Waals surface area contributed by atoms with Crippen molar-refractivity contribution in [3.8, 4) is 0 Å². The number of likely N-dealkylation sites (tertiary alicyclic amines) is 1. The highest BCUT2D eigenvalue weighted by molar-refractivity contribution is 7.18. The predicted octanol–water partition coefficient (Wildman–Crippen LogP) is 1.44. The average Bonchev–Trinajstić information content (AvgIpc) is 2.93. The van der Waals surface area contributed by atoms with E-state index in [1.54, 1.807) is 0 Å². The van der Waals surface area contributed by atoms with E-state index in [2.05, 4.69) is 22.6 Å². The number of carbonyl (C=O) groups excluding carboxylic acids is 1. The van der Waals surface area contributed by atoms with Crippen molar-refractivity contribution >= 4 is 27.9 Å². The third kappa shape index (κ3) is 3.61. The van der Waals surface area contributed by atoms with Crippen LogP contribution in [0.1, 0.15) is 23.0 Å². The summed E-state index contributed by atoms with van der Waals surface area (Å²) in [4.78, 5) is 14.7. The van der Waals surface area contributed by atoms with Gasteiger partial charge >= 0.3 is 0 Å². The molecular weight excluding hydrogens is 260 g/mol. The van der Waals surface area contributed by atoms with E-state index in [1.165, 1.54) is 24.3 Å². The van der Waals surface area contributed by atoms with Crippen molar-refractivity contribution < 1.29 is 4.79 Å². The van der Waals surface area contributed by atoms with Crippen molar-refractivity contribution in [2.45, 2.75) is 13.3 Å². The molecule has 1 aromatic heterocycles. The summed E-state index contributed by atoms with van der Waals surface area (Å²) in [5.74, 6) is 0.597. The second kappa shape index (κ2) is 6.25. The molecule has 0 saturated carbocycles. The van der Waals surface area contributed by atoms with E-state index in [0.717, 1.165) is 18.1 Å². The summed E-state index contributed by atoms with van der Waals surface area (Å²) < 4.78 is 0. The standard InChI is InChI=1S/C13H22N4OS/c1-3-15-13(18)12-10(14)6-11(19-12)16-7-9-4-5-17(2)8-9/h6,9,16H,3-5,7-8,14H2,1-2H3,(H,15,18). The van der Waals surface area contributed by atoms with Crippen LogP contribution in [-0.2, 0) is 0 Å². The quantitative estimate of drug-likeness (QED) is 0.764. The van der Waals surface area contributed by atoms with Crippen LogP contribution in [0, 0.1) is 5.92 Å². The molecule has 0 radical (unpaired) electrons. The monoisotopic (exact) mass is 282 g/mol. The van der Waals surface area contributed by atoms with Crippen molar-refractivity contribution in [1.29, 1.82) is 0 Å². The van der Waals surface area contributed by atoms with Gasteiger partial charge in [0.2, 0.25) is 0 Å². The minimum absolute atomic E-state index is 0.0846. The highest BCUT2D eigenvalue weighted by Gasteiger charge is 2.20. The van der Waals surface area contributed by atoms with Gasteiger partial charge in [0, 0.05) is 19.6 Å². The Hall–Kier alpha value is -1.27. The molecule has 6 heteroatoms. The highest BCUT2D eigenvalue weighted by atomic mass is 32.1. The second-order valence-corrected chi connectivity index (χ2v) is 6.10. The van der Waals surface area contributed by atoms with E-state index >= 15 is 0 Å². The molecule has 5 nitrogen and oxygen atoms in total. The number of thiophene rings is 1. The fourth-order valence-corrected chi connectivity index (χ4v) is 3.25. The highest BCUT2D eigenvalue weighted by Crippen LogP contribution is 2.29. The van der Waals surface area contributed by atoms with E-state index in [4.69, 9.17) is 5.73 Å². The minimum Gasteiger partial charge on any atom is -0.397 e. The van der Waals surface area contributed by atoms with E-state index in [9.17, 15) is 4.79 Å². The Morgan fingerprint density at radius 2 is 2.42 bits per heavy atom. The van der Waals surface area contributed by atoms with Crippen molar-refractivity contribution in [2.24, 2.45) is 5.92 Å². The Morgan fingerprint density at radius 1 is 1.63 bits per heavy atom. The average molecular weight is 282 g/mol. The van der Waals surface area contributed by atoms with Gasteiger partial charge in [-0.3, -0.25) is 4.79 Å². The number of carbonyl (C=O) groups is 1. The third-order valence-electron chi connectivity index (χ3n) is 3.36. The van der Waals surface area contributed by atoms with Gasteiger partial charge in [0.25, 0.3) is 5.91 Å². The van der Waals surface area contributed by atoms with Gasteiger partial charge in [-0.1, -0.05) is 0 Å². The molecule has 1 saturated heterocycles. The summed E-state index contributed by atoms with van der Waals surface area (Å²) in [6, 6.07) is 1.86. The normalized spacial score (nSPS) is 19.6. The molecule has 2 rings (SSSR count). The van der Waals surface area contributed by atoms with Gasteiger partial charge in [-0.25, -0.2) is 0 Å². The molecule has 1 atom stereocenters. The Balaban J connectivity index is 1.91. The summed E-state index contributed by atoms with van der Waals surface area (Å²) in [5, 5.41) is 7.15. The number of nitrogens with two attached hydrogens (primary N) is 1. The van der Waals surface area contributed by atoms with Crippen molar-refractivity contribution in [3.05, 3.63) is 10.9 Å². The lowest BCUT2D eigenvalue weighted by atomic mass is 10.1. The number of hydrogen-bond acceptors (Lipinski definition) is 5. The predicted molar refractivity (Wildman–Crippen MR) is 80.8 cm³/mol. The van der Waals surface area contributed by atoms with Crippen LogP contribution in [0.25, 0.3) is 0 Å². The SMILES string of the molecule is CCNC(=O)c1sc(NCC2CCN(C)C2)cc1N. The fourth-order valence-electron chi connectivity index (χ4n) is 2.35. The molecule has 1 amide bonds. The van der Waals surface area contributed by atoms with Gasteiger partial charge in [0.15, 0.2) is 0 Å². The van der Waals surface area contributed by atoms with Crippen LogP contribution in [0.4, 0.5) is 10.7 Å². The first kappa shape index (κ1) is 14.1. The number of nitrogen functional groups attached to an aromatic ring is 1. The Morgan fingerprint density at radius 3 is 3.05 bits per heavy atom. The molecule has 0 aromatic carbocycles. The third-order valence-corrected chi connectivity index (χ3v) is 4.47. The summed E-state index contributed by atoms with van der Waals surface area (Å²) >= 11 is 1.43. The molecular formula is C13H22N4OS. The maximum absolute atomic E-state index is 11.8. The fraction of sp³-hybridized carbons (Fsp3) is 0.615. The van der Waals surface area contributed by atoms with Crippen LogP contribution >= 0.6 is 11.3 Å². The maximum atomic E-state index is 11.8. The number of nitrogens with zero attached hydrogens (tertiary/aromatic N) is 1. The molecule has 1 aliphatic heterocycles. The van der Waals surface area contributed by atoms with Crippen LogP contribution in [0.15, 0.2) is 6.07 Å². The zero-order valence-electron chi connectivity index (χ0n) is 11.5. The molecule has 19 heavy (non-hydrogen) atoms. The van der Waals surface area contributed by atoms with E-state index in [-0.39, 0.29) is 5.91 Å². The molecule has 2 heterocycles. The first-order valence-corrected chi connectivity index (χ1v) is 7.51. The summed E-state index contributed by atoms with van der Waals surface area (Å²) in [6.45, 7) is 5.77. The lowest BCUT2D eigenvalue weighted by molar-refractivity contribution is 0.0960. The topological polar surface area (TPSA) is 70.4 Å². The summed E-state index contributed by atoms with van der Waals surface area (Å²) in [5.41, 5.74) is 6.44. The molecule has 4 N–H and O–H groups in total. The number of rotatable bonds is 5. The lowest BCUT2D eigenvalue weighted by Crippen LogP contribution is -2.22. The lowest BCUT2D eigenvalue weighted by Gasteiger charge is -2.11. The summed E-state index contributed by atoms with van der Waals surface area (Å²) in [7, 11) is 2.15. The zero-order chi connectivity index (χ0) is 13.8. The van der Waals surface area contributed by atoms with Crippen LogP contribution < -0.4 is 16.4 Å². The van der Waals surface area contributed by atoms with E-state index in [1.807, 2.05) is 13.0 Å². The van der Waals surface area contributed by atoms with Crippen LogP contribution in [-0.4, -0.2) is 44.0 Å². The Labute approximate surface area is 118 Å². The van der Waals surface area contributed by atoms with Crippen LogP contribution in [0.3, 0.4) is 0 Å². The van der Waals surface area contributed by atoms with Crippen molar-refractivity contribution in [2.75, 3.05) is 44.3 Å². The van der Waals surface area contributed by atoms with E-state index < -0.39 is 0 Å². The van der Waals surface area contributed by atoms with Gasteiger partial charge in [-0.15, -0.1) is 11.3 Å². The van der Waals surface area contributed by atoms with Crippen molar-refractivity contribution in [1.82, 2.24) is 10.2 Å². The van der Waals surface area contributed by atoms with Gasteiger partial charge in [-0.2, -0.15) is 0 Å². The molecule has 1 unspecified atom stereocenters. The van der Waals surface area contributed by atoms with Crippen LogP contribution in [0.2, 0.25) is 0 Å².